The Labute approximate surface area is 132 Å². The topological polar surface area (TPSA) is 25.4 Å². The molecule has 0 unspecified atom stereocenters. The highest BCUT2D eigenvalue weighted by molar-refractivity contribution is 7.09. The highest BCUT2D eigenvalue weighted by Gasteiger charge is 2.57. The maximum Gasteiger partial charge on any atom is 0.0926 e. The molecule has 1 aromatic rings. The van der Waals surface area contributed by atoms with Gasteiger partial charge in [-0.25, -0.2) is 4.98 Å². The third-order valence-corrected chi connectivity index (χ3v) is 6.53. The summed E-state index contributed by atoms with van der Waals surface area (Å²) in [7, 11) is 2.28. The van der Waals surface area contributed by atoms with Gasteiger partial charge in [-0.15, -0.1) is 11.3 Å². The van der Waals surface area contributed by atoms with Crippen LogP contribution in [-0.2, 0) is 17.7 Å². The zero-order chi connectivity index (χ0) is 14.9. The minimum atomic E-state index is 0.439. The van der Waals surface area contributed by atoms with E-state index in [0.717, 1.165) is 19.6 Å². The molecule has 3 rings (SSSR count). The van der Waals surface area contributed by atoms with Crippen molar-refractivity contribution in [2.75, 3.05) is 13.7 Å². The fraction of sp³-hybridized carbons (Fsp3) is 0.824. The van der Waals surface area contributed by atoms with Crippen LogP contribution >= 0.6 is 11.3 Å². The standard InChI is InChI=1S/C17H28N2OS/c1-4-16-18-13(12-21-16)11-19(3)14-10-15(20-5-2)17(14)8-6-7-9-17/h12,14-15H,4-11H2,1-3H3/t14-,15-/m1/s1. The number of ether oxygens (including phenoxy) is 1. The molecule has 1 aromatic heterocycles. The monoisotopic (exact) mass is 308 g/mol. The van der Waals surface area contributed by atoms with Gasteiger partial charge in [-0.3, -0.25) is 4.90 Å². The Hall–Kier alpha value is -0.450. The molecule has 2 aliphatic carbocycles. The largest absolute Gasteiger partial charge is 0.378 e. The summed E-state index contributed by atoms with van der Waals surface area (Å²) in [6, 6.07) is 0.684. The highest BCUT2D eigenvalue weighted by atomic mass is 32.1. The summed E-state index contributed by atoms with van der Waals surface area (Å²) in [6.07, 6.45) is 8.21. The van der Waals surface area contributed by atoms with E-state index in [1.54, 1.807) is 11.3 Å². The second-order valence-electron chi connectivity index (χ2n) is 6.64. The first-order valence-electron chi connectivity index (χ1n) is 8.44. The summed E-state index contributed by atoms with van der Waals surface area (Å²) in [5, 5.41) is 3.49. The smallest absolute Gasteiger partial charge is 0.0926 e. The lowest BCUT2D eigenvalue weighted by Crippen LogP contribution is -2.62. The number of nitrogens with zero attached hydrogens (tertiary/aromatic N) is 2. The molecular weight excluding hydrogens is 280 g/mol. The minimum Gasteiger partial charge on any atom is -0.378 e. The quantitative estimate of drug-likeness (QED) is 0.797. The van der Waals surface area contributed by atoms with Gasteiger partial charge in [0.25, 0.3) is 0 Å². The van der Waals surface area contributed by atoms with Crippen molar-refractivity contribution < 1.29 is 4.74 Å². The zero-order valence-electron chi connectivity index (χ0n) is 13.6. The number of thiazole rings is 1. The number of hydrogen-bond acceptors (Lipinski definition) is 4. The predicted octanol–water partition coefficient (Wildman–Crippen LogP) is 3.88. The van der Waals surface area contributed by atoms with Crippen LogP contribution in [0.3, 0.4) is 0 Å². The van der Waals surface area contributed by atoms with Crippen LogP contribution in [-0.4, -0.2) is 35.7 Å². The van der Waals surface area contributed by atoms with Crippen LogP contribution in [0.25, 0.3) is 0 Å². The molecule has 0 radical (unpaired) electrons. The van der Waals surface area contributed by atoms with E-state index in [1.807, 2.05) is 0 Å². The molecule has 118 valence electrons. The average molecular weight is 308 g/mol. The summed E-state index contributed by atoms with van der Waals surface area (Å²) in [5.41, 5.74) is 1.68. The van der Waals surface area contributed by atoms with Crippen molar-refractivity contribution >= 4 is 11.3 Å². The molecule has 1 spiro atoms. The normalized spacial score (nSPS) is 27.4. The first-order valence-corrected chi connectivity index (χ1v) is 9.32. The molecule has 4 heteroatoms. The van der Waals surface area contributed by atoms with E-state index in [2.05, 4.69) is 31.2 Å². The Kier molecular flexibility index (Phi) is 4.67. The van der Waals surface area contributed by atoms with Crippen LogP contribution in [0.4, 0.5) is 0 Å². The van der Waals surface area contributed by atoms with Crippen molar-refractivity contribution in [1.29, 1.82) is 0 Å². The first-order chi connectivity index (χ1) is 10.2. The van der Waals surface area contributed by atoms with Crippen molar-refractivity contribution in [3.05, 3.63) is 16.1 Å². The molecule has 2 saturated carbocycles. The Morgan fingerprint density at radius 1 is 1.38 bits per heavy atom. The van der Waals surface area contributed by atoms with Crippen LogP contribution in [0, 0.1) is 5.41 Å². The van der Waals surface area contributed by atoms with Crippen molar-refractivity contribution in [3.63, 3.8) is 0 Å². The van der Waals surface area contributed by atoms with Gasteiger partial charge in [-0.2, -0.15) is 0 Å². The lowest BCUT2D eigenvalue weighted by molar-refractivity contribution is -0.162. The van der Waals surface area contributed by atoms with E-state index in [9.17, 15) is 0 Å². The number of aryl methyl sites for hydroxylation is 1. The number of rotatable bonds is 6. The molecular formula is C17H28N2OS. The third-order valence-electron chi connectivity index (χ3n) is 5.49. The van der Waals surface area contributed by atoms with Crippen molar-refractivity contribution in [3.8, 4) is 0 Å². The predicted molar refractivity (Wildman–Crippen MR) is 87.7 cm³/mol. The second kappa shape index (κ2) is 6.35. The van der Waals surface area contributed by atoms with Gasteiger partial charge in [0.1, 0.15) is 0 Å². The van der Waals surface area contributed by atoms with Gasteiger partial charge in [0.05, 0.1) is 16.8 Å². The summed E-state index contributed by atoms with van der Waals surface area (Å²) in [4.78, 5) is 7.26. The second-order valence-corrected chi connectivity index (χ2v) is 7.58. The van der Waals surface area contributed by atoms with Gasteiger partial charge in [0.15, 0.2) is 0 Å². The molecule has 2 atom stereocenters. The summed E-state index contributed by atoms with van der Waals surface area (Å²) < 4.78 is 6.03. The lowest BCUT2D eigenvalue weighted by Gasteiger charge is -2.57. The maximum absolute atomic E-state index is 6.03. The SMILES string of the molecule is CCO[C@@H]1C[C@@H](N(C)Cc2csc(CC)n2)C12CCCC2. The van der Waals surface area contributed by atoms with Crippen molar-refractivity contribution in [2.45, 2.75) is 71.1 Å². The molecule has 0 bridgehead atoms. The third kappa shape index (κ3) is 2.78. The summed E-state index contributed by atoms with van der Waals surface area (Å²) in [5.74, 6) is 0. The van der Waals surface area contributed by atoms with Crippen LogP contribution in [0.5, 0.6) is 0 Å². The van der Waals surface area contributed by atoms with Crippen LogP contribution < -0.4 is 0 Å². The van der Waals surface area contributed by atoms with E-state index in [4.69, 9.17) is 9.72 Å². The minimum absolute atomic E-state index is 0.439. The first kappa shape index (κ1) is 15.4. The van der Waals surface area contributed by atoms with E-state index in [1.165, 1.54) is 42.8 Å². The van der Waals surface area contributed by atoms with Gasteiger partial charge in [0, 0.05) is 30.0 Å². The van der Waals surface area contributed by atoms with Gasteiger partial charge < -0.3 is 4.74 Å². The fourth-order valence-corrected chi connectivity index (χ4v) is 5.15. The highest BCUT2D eigenvalue weighted by Crippen LogP contribution is 2.56. The summed E-state index contributed by atoms with van der Waals surface area (Å²) in [6.45, 7) is 6.15. The molecule has 2 aliphatic rings. The molecule has 0 aliphatic heterocycles. The van der Waals surface area contributed by atoms with Gasteiger partial charge in [-0.1, -0.05) is 19.8 Å². The maximum atomic E-state index is 6.03. The molecule has 0 N–H and O–H groups in total. The molecule has 3 nitrogen and oxygen atoms in total. The number of hydrogen-bond donors (Lipinski definition) is 0. The molecule has 2 fully saturated rings. The van der Waals surface area contributed by atoms with Gasteiger partial charge in [0.2, 0.25) is 0 Å². The van der Waals surface area contributed by atoms with Crippen LogP contribution in [0.2, 0.25) is 0 Å². The molecule has 0 amide bonds. The average Bonchev–Trinajstić information content (AvgIpc) is 3.12. The van der Waals surface area contributed by atoms with E-state index >= 15 is 0 Å². The van der Waals surface area contributed by atoms with Crippen molar-refractivity contribution in [1.82, 2.24) is 9.88 Å². The van der Waals surface area contributed by atoms with Crippen molar-refractivity contribution in [2.24, 2.45) is 5.41 Å². The van der Waals surface area contributed by atoms with Crippen LogP contribution in [0.15, 0.2) is 5.38 Å². The Morgan fingerprint density at radius 3 is 2.76 bits per heavy atom. The van der Waals surface area contributed by atoms with Gasteiger partial charge in [-0.05, 0) is 39.7 Å². The number of aromatic nitrogens is 1. The Morgan fingerprint density at radius 2 is 2.14 bits per heavy atom. The zero-order valence-corrected chi connectivity index (χ0v) is 14.4. The Balaban J connectivity index is 1.65. The molecule has 0 aromatic carbocycles. The van der Waals surface area contributed by atoms with Gasteiger partial charge >= 0.3 is 0 Å². The van der Waals surface area contributed by atoms with E-state index < -0.39 is 0 Å². The van der Waals surface area contributed by atoms with Crippen LogP contribution in [0.1, 0.15) is 56.7 Å². The molecule has 21 heavy (non-hydrogen) atoms. The molecule has 0 saturated heterocycles. The van der Waals surface area contributed by atoms with E-state index in [0.29, 0.717) is 17.6 Å². The fourth-order valence-electron chi connectivity index (χ4n) is 4.42. The Bertz CT molecular complexity index is 467. The summed E-state index contributed by atoms with van der Waals surface area (Å²) >= 11 is 1.80. The lowest BCUT2D eigenvalue weighted by atomic mass is 9.60. The van der Waals surface area contributed by atoms with E-state index in [-0.39, 0.29) is 0 Å². The molecule has 1 heterocycles.